The molecular formula is C14H19FN2O2. The molecule has 1 heterocycles. The van der Waals surface area contributed by atoms with Crippen LogP contribution in [0, 0.1) is 11.7 Å². The Morgan fingerprint density at radius 2 is 2.42 bits per heavy atom. The predicted octanol–water partition coefficient (Wildman–Crippen LogP) is 1.45. The van der Waals surface area contributed by atoms with Gasteiger partial charge in [-0.15, -0.1) is 0 Å². The van der Waals surface area contributed by atoms with Crippen molar-refractivity contribution in [3.63, 3.8) is 0 Å². The lowest BCUT2D eigenvalue weighted by Crippen LogP contribution is -2.40. The summed E-state index contributed by atoms with van der Waals surface area (Å²) in [6.07, 6.45) is 1.92. The molecule has 1 atom stereocenters. The third-order valence-electron chi connectivity index (χ3n) is 3.36. The molecule has 1 aliphatic heterocycles. The number of nitrogens with one attached hydrogen (secondary N) is 2. The minimum atomic E-state index is -0.329. The van der Waals surface area contributed by atoms with Crippen LogP contribution in [-0.2, 0) is 11.3 Å². The number of rotatable bonds is 4. The van der Waals surface area contributed by atoms with Crippen LogP contribution in [0.25, 0.3) is 0 Å². The third-order valence-corrected chi connectivity index (χ3v) is 3.36. The number of hydrogen-bond donors (Lipinski definition) is 2. The summed E-state index contributed by atoms with van der Waals surface area (Å²) in [5.74, 6) is 0.277. The van der Waals surface area contributed by atoms with Crippen LogP contribution >= 0.6 is 0 Å². The monoisotopic (exact) mass is 266 g/mol. The van der Waals surface area contributed by atoms with Crippen molar-refractivity contribution in [1.82, 2.24) is 10.6 Å². The number of benzene rings is 1. The van der Waals surface area contributed by atoms with Crippen molar-refractivity contribution in [2.45, 2.75) is 19.4 Å². The molecule has 19 heavy (non-hydrogen) atoms. The van der Waals surface area contributed by atoms with E-state index in [1.165, 1.54) is 19.2 Å². The van der Waals surface area contributed by atoms with E-state index in [0.29, 0.717) is 17.9 Å². The van der Waals surface area contributed by atoms with E-state index in [2.05, 4.69) is 10.6 Å². The van der Waals surface area contributed by atoms with Gasteiger partial charge in [0, 0.05) is 18.7 Å². The number of methoxy groups -OCH3 is 1. The highest BCUT2D eigenvalue weighted by atomic mass is 19.1. The van der Waals surface area contributed by atoms with Gasteiger partial charge in [-0.2, -0.15) is 0 Å². The fraction of sp³-hybridized carbons (Fsp3) is 0.500. The summed E-state index contributed by atoms with van der Waals surface area (Å²) in [5, 5.41) is 6.05. The number of piperidine rings is 1. The Morgan fingerprint density at radius 1 is 1.58 bits per heavy atom. The van der Waals surface area contributed by atoms with E-state index < -0.39 is 0 Å². The van der Waals surface area contributed by atoms with Gasteiger partial charge in [-0.05, 0) is 37.6 Å². The van der Waals surface area contributed by atoms with Gasteiger partial charge in [0.25, 0.3) is 0 Å². The van der Waals surface area contributed by atoms with Crippen molar-refractivity contribution in [3.8, 4) is 5.75 Å². The Balaban J connectivity index is 1.94. The zero-order valence-corrected chi connectivity index (χ0v) is 11.0. The van der Waals surface area contributed by atoms with Crippen molar-refractivity contribution >= 4 is 5.91 Å². The van der Waals surface area contributed by atoms with Gasteiger partial charge in [0.1, 0.15) is 11.6 Å². The van der Waals surface area contributed by atoms with Crippen molar-refractivity contribution in [1.29, 1.82) is 0 Å². The van der Waals surface area contributed by atoms with Crippen molar-refractivity contribution in [2.24, 2.45) is 5.92 Å². The Labute approximate surface area is 112 Å². The Bertz CT molecular complexity index is 445. The van der Waals surface area contributed by atoms with Crippen molar-refractivity contribution in [3.05, 3.63) is 29.6 Å². The molecule has 0 aromatic heterocycles. The van der Waals surface area contributed by atoms with Gasteiger partial charge in [-0.3, -0.25) is 4.79 Å². The maximum atomic E-state index is 13.2. The highest BCUT2D eigenvalue weighted by molar-refractivity contribution is 5.79. The Hall–Kier alpha value is -1.62. The Kier molecular flexibility index (Phi) is 4.74. The zero-order chi connectivity index (χ0) is 13.7. The van der Waals surface area contributed by atoms with E-state index in [-0.39, 0.29) is 24.2 Å². The predicted molar refractivity (Wildman–Crippen MR) is 70.4 cm³/mol. The molecule has 104 valence electrons. The number of carbonyl (C=O) groups is 1. The molecule has 1 saturated heterocycles. The summed E-state index contributed by atoms with van der Waals surface area (Å²) in [4.78, 5) is 12.0. The average Bonchev–Trinajstić information content (AvgIpc) is 2.46. The number of carbonyl (C=O) groups excluding carboxylic acids is 1. The first-order valence-electron chi connectivity index (χ1n) is 6.51. The quantitative estimate of drug-likeness (QED) is 0.867. The van der Waals surface area contributed by atoms with E-state index in [0.717, 1.165) is 19.4 Å². The summed E-state index contributed by atoms with van der Waals surface area (Å²) in [7, 11) is 1.53. The second kappa shape index (κ2) is 6.52. The molecule has 1 aromatic rings. The van der Waals surface area contributed by atoms with E-state index >= 15 is 0 Å². The summed E-state index contributed by atoms with van der Waals surface area (Å²) < 4.78 is 18.3. The normalized spacial score (nSPS) is 18.9. The number of amides is 1. The van der Waals surface area contributed by atoms with Crippen molar-refractivity contribution < 1.29 is 13.9 Å². The number of halogens is 1. The second-order valence-corrected chi connectivity index (χ2v) is 4.72. The van der Waals surface area contributed by atoms with Crippen molar-refractivity contribution in [2.75, 3.05) is 20.2 Å². The molecule has 2 rings (SSSR count). The summed E-state index contributed by atoms with van der Waals surface area (Å²) in [6, 6.07) is 4.30. The van der Waals surface area contributed by atoms with E-state index in [1.54, 1.807) is 6.07 Å². The molecule has 2 N–H and O–H groups in total. The van der Waals surface area contributed by atoms with Gasteiger partial charge in [-0.25, -0.2) is 4.39 Å². The molecule has 0 aliphatic carbocycles. The first kappa shape index (κ1) is 13.8. The van der Waals surface area contributed by atoms with Gasteiger partial charge in [0.2, 0.25) is 5.91 Å². The second-order valence-electron chi connectivity index (χ2n) is 4.72. The largest absolute Gasteiger partial charge is 0.496 e. The molecule has 1 aliphatic rings. The number of ether oxygens (including phenoxy) is 1. The fourth-order valence-electron chi connectivity index (χ4n) is 2.29. The van der Waals surface area contributed by atoms with E-state index in [1.807, 2.05) is 0 Å². The molecule has 1 aromatic carbocycles. The topological polar surface area (TPSA) is 50.4 Å². The zero-order valence-electron chi connectivity index (χ0n) is 11.0. The lowest BCUT2D eigenvalue weighted by atomic mass is 9.99. The van der Waals surface area contributed by atoms with Crippen LogP contribution in [-0.4, -0.2) is 26.1 Å². The van der Waals surface area contributed by atoms with E-state index in [4.69, 9.17) is 4.74 Å². The SMILES string of the molecule is COc1ccc(F)cc1CNC(=O)C1CCCNC1. The van der Waals surface area contributed by atoms with Crippen LogP contribution in [0.3, 0.4) is 0 Å². The van der Waals surface area contributed by atoms with Gasteiger partial charge < -0.3 is 15.4 Å². The molecule has 0 bridgehead atoms. The fourth-order valence-corrected chi connectivity index (χ4v) is 2.29. The third kappa shape index (κ3) is 3.67. The minimum Gasteiger partial charge on any atom is -0.496 e. The molecule has 4 nitrogen and oxygen atoms in total. The molecular weight excluding hydrogens is 247 g/mol. The highest BCUT2D eigenvalue weighted by Gasteiger charge is 2.20. The van der Waals surface area contributed by atoms with Gasteiger partial charge in [-0.1, -0.05) is 0 Å². The van der Waals surface area contributed by atoms with Crippen LogP contribution in [0.15, 0.2) is 18.2 Å². The first-order chi connectivity index (χ1) is 9.20. The molecule has 0 radical (unpaired) electrons. The summed E-state index contributed by atoms with van der Waals surface area (Å²) in [5.41, 5.74) is 0.652. The van der Waals surface area contributed by atoms with E-state index in [9.17, 15) is 9.18 Å². The van der Waals surface area contributed by atoms with Gasteiger partial charge in [0.15, 0.2) is 0 Å². The standard InChI is InChI=1S/C14H19FN2O2/c1-19-13-5-4-12(15)7-11(13)9-17-14(18)10-3-2-6-16-8-10/h4-5,7,10,16H,2-3,6,8-9H2,1H3,(H,17,18). The average molecular weight is 266 g/mol. The van der Waals surface area contributed by atoms with Crippen LogP contribution in [0.5, 0.6) is 5.75 Å². The lowest BCUT2D eigenvalue weighted by molar-refractivity contribution is -0.125. The van der Waals surface area contributed by atoms with Gasteiger partial charge in [0.05, 0.1) is 13.0 Å². The smallest absolute Gasteiger partial charge is 0.224 e. The molecule has 0 saturated carbocycles. The van der Waals surface area contributed by atoms with Crippen LogP contribution in [0.4, 0.5) is 4.39 Å². The van der Waals surface area contributed by atoms with Crippen LogP contribution in [0.2, 0.25) is 0 Å². The highest BCUT2D eigenvalue weighted by Crippen LogP contribution is 2.19. The molecule has 1 fully saturated rings. The van der Waals surface area contributed by atoms with Crippen LogP contribution in [0.1, 0.15) is 18.4 Å². The Morgan fingerprint density at radius 3 is 3.11 bits per heavy atom. The minimum absolute atomic E-state index is 0.00769. The maximum Gasteiger partial charge on any atom is 0.224 e. The molecule has 5 heteroatoms. The lowest BCUT2D eigenvalue weighted by Gasteiger charge is -2.22. The molecule has 0 spiro atoms. The molecule has 1 unspecified atom stereocenters. The summed E-state index contributed by atoms with van der Waals surface area (Å²) in [6.45, 7) is 1.98. The number of hydrogen-bond acceptors (Lipinski definition) is 3. The summed E-state index contributed by atoms with van der Waals surface area (Å²) >= 11 is 0. The van der Waals surface area contributed by atoms with Crippen LogP contribution < -0.4 is 15.4 Å². The maximum absolute atomic E-state index is 13.2. The van der Waals surface area contributed by atoms with Gasteiger partial charge >= 0.3 is 0 Å². The first-order valence-corrected chi connectivity index (χ1v) is 6.51. The molecule has 1 amide bonds.